The van der Waals surface area contributed by atoms with Gasteiger partial charge in [-0.1, -0.05) is 102 Å². The highest BCUT2D eigenvalue weighted by Gasteiger charge is 2.45. The Kier molecular flexibility index (Phi) is 38.5. The maximum atomic E-state index is 14.8. The van der Waals surface area contributed by atoms with Crippen molar-refractivity contribution in [2.24, 2.45) is 44.6 Å². The van der Waals surface area contributed by atoms with E-state index in [4.69, 9.17) is 33.4 Å². The Labute approximate surface area is 734 Å². The summed E-state index contributed by atoms with van der Waals surface area (Å²) in [6, 6.07) is -1.11. The van der Waals surface area contributed by atoms with Crippen molar-refractivity contribution in [2.45, 2.75) is 298 Å². The molecule has 2 aromatic carbocycles. The van der Waals surface area contributed by atoms with E-state index in [9.17, 15) is 77.3 Å². The number of amides is 13. The van der Waals surface area contributed by atoms with Gasteiger partial charge in [0.05, 0.1) is 19.5 Å². The third-order valence-corrected chi connectivity index (χ3v) is 24.3. The van der Waals surface area contributed by atoms with Crippen LogP contribution >= 0.6 is 0 Å². The summed E-state index contributed by atoms with van der Waals surface area (Å²) < 4.78 is 6.76. The quantitative estimate of drug-likeness (QED) is 0.0199. The molecule has 13 amide bonds. The third kappa shape index (κ3) is 29.0. The van der Waals surface area contributed by atoms with Crippen molar-refractivity contribution in [2.75, 3.05) is 52.4 Å². The molecular formula is C87H132N22O17. The Morgan fingerprint density at radius 2 is 1.02 bits per heavy atom. The first-order valence-corrected chi connectivity index (χ1v) is 44.9. The number of hydrogen-bond donors (Lipinski definition) is 18. The predicted octanol–water partition coefficient (Wildman–Crippen LogP) is -0.115. The van der Waals surface area contributed by atoms with E-state index in [2.05, 4.69) is 85.3 Å². The van der Waals surface area contributed by atoms with Gasteiger partial charge in [-0.25, -0.2) is 9.78 Å². The van der Waals surface area contributed by atoms with Crippen molar-refractivity contribution in [3.63, 3.8) is 0 Å². The number of imidazole rings is 1. The van der Waals surface area contributed by atoms with Gasteiger partial charge >= 0.3 is 5.97 Å². The lowest BCUT2D eigenvalue weighted by Gasteiger charge is -2.31. The number of rotatable bonds is 49. The number of carbonyl (C=O) groups excluding carboxylic acids is 13. The number of likely N-dealkylation sites (tertiary alicyclic amines) is 3. The molecule has 0 bridgehead atoms. The first-order chi connectivity index (χ1) is 60.5. The molecule has 6 fully saturated rings. The SMILES string of the molecule is CCCC[C@H](NC(=O)[C@@H]1CCCN1C(=O)CNC(=O)[C@H](CCCCN)NC(=O)[C@H](Cc1cnc[nH]1)NC(=O)[C@H](CO)NC(=O)[C@H](CC(C)C)NC(=O)[C@H](CCCN=C(N)N)NC(=O)[C@@H]1CCCN1C(=O)[C@H](CCCN=C(N)N)NC(=O)[C@@H]1CCC(=O)N1)C(=O)N1CCC[C@H]1C(=O)N[C@H](Cc1cc(C2CCCC2)c(OCc2ccccc2)c(C2CCCC2)c1)C(=O)O. The number of nitrogens with zero attached hydrogens (tertiary/aromatic N) is 6. The molecule has 23 N–H and O–H groups in total. The number of unbranched alkanes of at least 4 members (excludes halogenated alkanes) is 2. The summed E-state index contributed by atoms with van der Waals surface area (Å²) in [5, 5.41) is 48.4. The maximum Gasteiger partial charge on any atom is 0.326 e. The number of aliphatic carboxylic acids is 1. The lowest BCUT2D eigenvalue weighted by Crippen LogP contribution is -2.61. The average Bonchev–Trinajstić information content (AvgIpc) is 1.41. The molecule has 39 heteroatoms. The molecule has 0 spiro atoms. The van der Waals surface area contributed by atoms with E-state index < -0.39 is 163 Å². The number of benzene rings is 2. The molecule has 39 nitrogen and oxygen atoms in total. The van der Waals surface area contributed by atoms with Crippen LogP contribution in [0, 0.1) is 5.92 Å². The van der Waals surface area contributed by atoms with Crippen LogP contribution in [0.2, 0.25) is 0 Å². The lowest BCUT2D eigenvalue weighted by molar-refractivity contribution is -0.145. The van der Waals surface area contributed by atoms with E-state index in [1.807, 2.05) is 37.3 Å². The number of aliphatic hydroxyl groups is 1. The average molecular weight is 1760 g/mol. The van der Waals surface area contributed by atoms with Gasteiger partial charge in [0.2, 0.25) is 76.8 Å². The Bertz CT molecular complexity index is 4230. The van der Waals surface area contributed by atoms with Gasteiger partial charge in [0, 0.05) is 63.9 Å². The maximum absolute atomic E-state index is 14.8. The van der Waals surface area contributed by atoms with E-state index in [1.54, 1.807) is 13.8 Å². The molecule has 0 unspecified atom stereocenters. The number of aliphatic imine (C=N–C) groups is 2. The fraction of sp³-hybridized carbons (Fsp3) is 0.644. The number of carboxylic acids is 1. The monoisotopic (exact) mass is 1760 g/mol. The van der Waals surface area contributed by atoms with E-state index in [1.165, 1.54) is 27.2 Å². The summed E-state index contributed by atoms with van der Waals surface area (Å²) in [7, 11) is 0. The van der Waals surface area contributed by atoms with Crippen LogP contribution in [0.25, 0.3) is 0 Å². The number of carboxylic acid groups (broad SMARTS) is 1. The van der Waals surface area contributed by atoms with Crippen molar-refractivity contribution >= 4 is 94.7 Å². The van der Waals surface area contributed by atoms with E-state index >= 15 is 0 Å². The largest absolute Gasteiger partial charge is 0.488 e. The number of ether oxygens (including phenoxy) is 1. The molecule has 2 saturated carbocycles. The third-order valence-electron chi connectivity index (χ3n) is 24.3. The Morgan fingerprint density at radius 1 is 0.540 bits per heavy atom. The zero-order valence-electron chi connectivity index (χ0n) is 72.8. The Hall–Kier alpha value is -11.5. The zero-order chi connectivity index (χ0) is 90.9. The molecule has 2 aliphatic carbocycles. The number of carbonyl (C=O) groups is 14. The van der Waals surface area contributed by atoms with Crippen LogP contribution in [-0.4, -0.2) is 254 Å². The van der Waals surface area contributed by atoms with Crippen molar-refractivity contribution in [3.8, 4) is 5.75 Å². The molecule has 692 valence electrons. The van der Waals surface area contributed by atoms with Crippen LogP contribution in [0.1, 0.15) is 234 Å². The van der Waals surface area contributed by atoms with Crippen LogP contribution in [-0.2, 0) is 86.6 Å². The first kappa shape index (κ1) is 98.3. The second-order valence-electron chi connectivity index (χ2n) is 34.3. The normalized spacial score (nSPS) is 19.5. The summed E-state index contributed by atoms with van der Waals surface area (Å²) in [5.41, 5.74) is 32.4. The van der Waals surface area contributed by atoms with Gasteiger partial charge in [-0.2, -0.15) is 0 Å². The molecule has 9 rings (SSSR count). The molecular weight excluding hydrogens is 1630 g/mol. The van der Waals surface area contributed by atoms with E-state index in [0.717, 1.165) is 79.4 Å². The first-order valence-electron chi connectivity index (χ1n) is 44.9. The van der Waals surface area contributed by atoms with Gasteiger partial charge < -0.3 is 116 Å². The number of aromatic nitrogens is 2. The fourth-order valence-electron chi connectivity index (χ4n) is 17.7. The van der Waals surface area contributed by atoms with Gasteiger partial charge in [-0.3, -0.25) is 72.3 Å². The second kappa shape index (κ2) is 49.4. The van der Waals surface area contributed by atoms with E-state index in [-0.39, 0.29) is 165 Å². The highest BCUT2D eigenvalue weighted by molar-refractivity contribution is 6.00. The van der Waals surface area contributed by atoms with Gasteiger partial charge in [-0.15, -0.1) is 0 Å². The molecule has 4 aliphatic heterocycles. The summed E-state index contributed by atoms with van der Waals surface area (Å²) in [6.45, 7) is 4.88. The Balaban J connectivity index is 0.818. The van der Waals surface area contributed by atoms with E-state index in [0.29, 0.717) is 57.2 Å². The van der Waals surface area contributed by atoms with Crippen molar-refractivity contribution in [3.05, 3.63) is 82.9 Å². The minimum atomic E-state index is -1.78. The smallest absolute Gasteiger partial charge is 0.326 e. The van der Waals surface area contributed by atoms with Crippen molar-refractivity contribution < 1.29 is 82.1 Å². The van der Waals surface area contributed by atoms with Crippen LogP contribution in [0.3, 0.4) is 0 Å². The number of nitrogens with two attached hydrogens (primary N) is 5. The molecule has 3 aromatic rings. The molecule has 0 radical (unpaired) electrons. The molecule has 5 heterocycles. The lowest BCUT2D eigenvalue weighted by atomic mass is 9.86. The molecule has 6 aliphatic rings. The number of hydrogen-bond acceptors (Lipinski definition) is 20. The van der Waals surface area contributed by atoms with Crippen LogP contribution < -0.4 is 86.6 Å². The molecule has 12 atom stereocenters. The number of aromatic amines is 1. The topological polar surface area (TPSA) is 602 Å². The van der Waals surface area contributed by atoms with Crippen LogP contribution in [0.5, 0.6) is 5.75 Å². The fourth-order valence-corrected chi connectivity index (χ4v) is 17.7. The number of H-pyrrole nitrogens is 1. The molecule has 4 saturated heterocycles. The minimum Gasteiger partial charge on any atom is -0.488 e. The molecule has 126 heavy (non-hydrogen) atoms. The number of aliphatic hydroxyl groups excluding tert-OH is 1. The standard InChI is InChI=1S/C87H132N22O17/c1-4-5-26-62(83(122)109-40-19-32-70(109)82(121)105-66(85(124)125)44-53-42-57(54-22-9-10-23-54)73(58(43-53)55-24-11-12-25-55)126-49-52-20-7-6-8-21-52)102-80(119)68-30-17-38-107(68)72(112)47-96-74(113)59(27-13-14-35-88)99-78(117)65(45-56-46-93-50-97-56)104-79(118)67(48-110)106-77(116)64(41-51(2)3)103-75(114)60(28-15-36-94-86(89)90)100-81(120)69-31-18-39-108(69)84(123)63(29-16-37-95-87(91)92)101-76(115)61-33-34-71(111)98-61/h6-8,20-21,42-43,46,50-51,54-55,59-70,110H,4-5,9-19,22-41,44-45,47-49,88H2,1-3H3,(H,93,97)(H,96,113)(H,98,111)(H,99,117)(H,100,120)(H,101,115)(H,102,119)(H,103,114)(H,104,118)(H,105,121)(H,106,116)(H,124,125)(H4,89,90,94)(H4,91,92,95)/t59-,60-,61-,62-,63-,64-,65-,66+,67-,68-,69-,70-/m0/s1. The summed E-state index contributed by atoms with van der Waals surface area (Å²) in [6.07, 6.45) is 15.1. The number of nitrogens with one attached hydrogen (secondary N) is 11. The molecule has 1 aromatic heterocycles. The highest BCUT2D eigenvalue weighted by atomic mass is 16.5. The second-order valence-corrected chi connectivity index (χ2v) is 34.3. The minimum absolute atomic E-state index is 0.00368. The highest BCUT2D eigenvalue weighted by Crippen LogP contribution is 2.47. The van der Waals surface area contributed by atoms with Gasteiger partial charge in [0.25, 0.3) is 0 Å². The van der Waals surface area contributed by atoms with Crippen LogP contribution in [0.15, 0.2) is 65.0 Å². The summed E-state index contributed by atoms with van der Waals surface area (Å²) in [5.74, 6) is -9.92. The van der Waals surface area contributed by atoms with Crippen molar-refractivity contribution in [1.82, 2.24) is 77.8 Å². The Morgan fingerprint density at radius 3 is 1.55 bits per heavy atom. The summed E-state index contributed by atoms with van der Waals surface area (Å²) >= 11 is 0. The van der Waals surface area contributed by atoms with Gasteiger partial charge in [0.15, 0.2) is 11.9 Å². The van der Waals surface area contributed by atoms with Gasteiger partial charge in [-0.05, 0) is 175 Å². The summed E-state index contributed by atoms with van der Waals surface area (Å²) in [4.78, 5) is 217. The predicted molar refractivity (Wildman–Crippen MR) is 466 cm³/mol. The zero-order valence-corrected chi connectivity index (χ0v) is 72.8. The van der Waals surface area contributed by atoms with Crippen LogP contribution in [0.4, 0.5) is 0 Å². The van der Waals surface area contributed by atoms with Crippen molar-refractivity contribution in [1.29, 1.82) is 0 Å². The van der Waals surface area contributed by atoms with Gasteiger partial charge in [0.1, 0.15) is 84.9 Å². The number of guanidine groups is 2.